The maximum Gasteiger partial charge on any atom is 0.199 e. The predicted molar refractivity (Wildman–Crippen MR) is 53.2 cm³/mol. The molecule has 4 nitrogen and oxygen atoms in total. The lowest BCUT2D eigenvalue weighted by Crippen LogP contribution is -2.43. The maximum absolute atomic E-state index is 11.9. The van der Waals surface area contributed by atoms with E-state index in [1.54, 1.807) is 18.0 Å². The fraction of sp³-hybridized carbons (Fsp3) is 0.444. The molecule has 0 saturated carbocycles. The number of fused-ring (bicyclic) bond motifs is 2. The van der Waals surface area contributed by atoms with Crippen LogP contribution in [0.5, 0.6) is 0 Å². The van der Waals surface area contributed by atoms with Crippen molar-refractivity contribution in [2.45, 2.75) is 17.7 Å². The molecule has 1 aromatic rings. The van der Waals surface area contributed by atoms with E-state index in [1.165, 1.54) is 6.33 Å². The largest absolute Gasteiger partial charge is 0.297 e. The van der Waals surface area contributed by atoms with Crippen LogP contribution in [0.1, 0.15) is 16.1 Å². The zero-order valence-electron chi connectivity index (χ0n) is 7.43. The van der Waals surface area contributed by atoms with Gasteiger partial charge in [0.1, 0.15) is 12.0 Å². The number of carbonyl (C=O) groups excluding carboxylic acids is 1. The molecule has 72 valence electrons. The van der Waals surface area contributed by atoms with Gasteiger partial charge in [-0.1, -0.05) is 0 Å². The Labute approximate surface area is 85.5 Å². The number of aromatic nitrogens is 2. The molecule has 14 heavy (non-hydrogen) atoms. The Morgan fingerprint density at radius 2 is 2.50 bits per heavy atom. The molecule has 2 atom stereocenters. The molecule has 2 unspecified atom stereocenters. The number of hydrogen-bond acceptors (Lipinski definition) is 5. The Bertz CT molecular complexity index is 395. The normalized spacial score (nSPS) is 29.9. The first-order valence-electron chi connectivity index (χ1n) is 4.54. The Balaban J connectivity index is 2.08. The molecule has 0 bridgehead atoms. The van der Waals surface area contributed by atoms with Crippen LogP contribution in [0.15, 0.2) is 12.5 Å². The molecule has 0 radical (unpaired) electrons. The van der Waals surface area contributed by atoms with E-state index in [2.05, 4.69) is 15.3 Å². The number of thioether (sulfide) groups is 1. The lowest BCUT2D eigenvalue weighted by atomic mass is 9.91. The topological polar surface area (TPSA) is 54.9 Å². The van der Waals surface area contributed by atoms with Gasteiger partial charge in [0, 0.05) is 22.9 Å². The molecule has 1 aliphatic heterocycles. The van der Waals surface area contributed by atoms with Crippen molar-refractivity contribution in [2.75, 3.05) is 5.88 Å². The molecule has 2 aliphatic rings. The number of rotatable bonds is 0. The van der Waals surface area contributed by atoms with E-state index in [0.29, 0.717) is 10.9 Å². The third-order valence-corrected chi connectivity index (χ3v) is 3.90. The van der Waals surface area contributed by atoms with Crippen molar-refractivity contribution in [1.82, 2.24) is 15.3 Å². The van der Waals surface area contributed by atoms with Crippen LogP contribution < -0.4 is 5.32 Å². The van der Waals surface area contributed by atoms with Gasteiger partial charge in [-0.2, -0.15) is 0 Å². The second-order valence-electron chi connectivity index (χ2n) is 3.50. The van der Waals surface area contributed by atoms with E-state index in [-0.39, 0.29) is 11.8 Å². The van der Waals surface area contributed by atoms with Gasteiger partial charge in [-0.05, 0) is 6.42 Å². The van der Waals surface area contributed by atoms with Crippen LogP contribution in [0.2, 0.25) is 0 Å². The highest BCUT2D eigenvalue weighted by Crippen LogP contribution is 2.31. The van der Waals surface area contributed by atoms with Gasteiger partial charge >= 0.3 is 0 Å². The van der Waals surface area contributed by atoms with E-state index in [9.17, 15) is 4.79 Å². The third-order valence-electron chi connectivity index (χ3n) is 2.70. The summed E-state index contributed by atoms with van der Waals surface area (Å²) in [7, 11) is 0. The quantitative estimate of drug-likeness (QED) is 0.660. The minimum atomic E-state index is -0.0256. The van der Waals surface area contributed by atoms with E-state index < -0.39 is 0 Å². The minimum Gasteiger partial charge on any atom is -0.297 e. The monoisotopic (exact) mass is 207 g/mol. The SMILES string of the molecule is O=C1c2ncncc2CC2SCNC12. The summed E-state index contributed by atoms with van der Waals surface area (Å²) < 4.78 is 0. The Hall–Kier alpha value is -0.940. The number of hydrogen-bond donors (Lipinski definition) is 1. The standard InChI is InChI=1S/C9H9N3OS/c13-9-7-5(2-10-3-11-7)1-6-8(9)12-4-14-6/h2-3,6,8,12H,1,4H2. The van der Waals surface area contributed by atoms with Gasteiger partial charge in [0.2, 0.25) is 0 Å². The van der Waals surface area contributed by atoms with Gasteiger partial charge in [-0.25, -0.2) is 9.97 Å². The highest BCUT2D eigenvalue weighted by atomic mass is 32.2. The van der Waals surface area contributed by atoms with E-state index in [1.807, 2.05) is 0 Å². The molecule has 1 saturated heterocycles. The van der Waals surface area contributed by atoms with Crippen LogP contribution in [0.3, 0.4) is 0 Å². The number of ketones is 1. The van der Waals surface area contributed by atoms with Crippen LogP contribution >= 0.6 is 11.8 Å². The number of Topliss-reactive ketones (excluding diaryl/α,β-unsaturated/α-hetero) is 1. The van der Waals surface area contributed by atoms with Crippen LogP contribution in [0.25, 0.3) is 0 Å². The second kappa shape index (κ2) is 3.03. The van der Waals surface area contributed by atoms with Gasteiger partial charge in [0.15, 0.2) is 5.78 Å². The van der Waals surface area contributed by atoms with Gasteiger partial charge in [-0.3, -0.25) is 10.1 Å². The minimum absolute atomic E-state index is 0.0256. The summed E-state index contributed by atoms with van der Waals surface area (Å²) >= 11 is 1.81. The second-order valence-corrected chi connectivity index (χ2v) is 4.72. The molecule has 1 N–H and O–H groups in total. The first-order chi connectivity index (χ1) is 6.86. The van der Waals surface area contributed by atoms with Crippen LogP contribution in [0.4, 0.5) is 0 Å². The van der Waals surface area contributed by atoms with Crippen molar-refractivity contribution in [2.24, 2.45) is 0 Å². The fourth-order valence-corrected chi connectivity index (χ4v) is 3.20. The van der Waals surface area contributed by atoms with Crippen LogP contribution in [-0.2, 0) is 6.42 Å². The Morgan fingerprint density at radius 1 is 1.57 bits per heavy atom. The van der Waals surface area contributed by atoms with E-state index >= 15 is 0 Å². The van der Waals surface area contributed by atoms with Crippen molar-refractivity contribution in [1.29, 1.82) is 0 Å². The molecule has 0 spiro atoms. The van der Waals surface area contributed by atoms with Crippen LogP contribution in [0, 0.1) is 0 Å². The number of carbonyl (C=O) groups is 1. The Morgan fingerprint density at radius 3 is 3.43 bits per heavy atom. The van der Waals surface area contributed by atoms with Crippen molar-refractivity contribution < 1.29 is 4.79 Å². The third kappa shape index (κ3) is 1.09. The Kier molecular flexibility index (Phi) is 1.81. The van der Waals surface area contributed by atoms with Gasteiger partial charge < -0.3 is 0 Å². The summed E-state index contributed by atoms with van der Waals surface area (Å²) in [5.41, 5.74) is 1.60. The summed E-state index contributed by atoms with van der Waals surface area (Å²) in [5.74, 6) is 0.992. The van der Waals surface area contributed by atoms with E-state index in [4.69, 9.17) is 0 Å². The van der Waals surface area contributed by atoms with E-state index in [0.717, 1.165) is 17.9 Å². The van der Waals surface area contributed by atoms with Gasteiger partial charge in [0.05, 0.1) is 6.04 Å². The zero-order valence-corrected chi connectivity index (χ0v) is 8.25. The van der Waals surface area contributed by atoms with Gasteiger partial charge in [0.25, 0.3) is 0 Å². The summed E-state index contributed by atoms with van der Waals surface area (Å²) in [6.45, 7) is 0. The predicted octanol–water partition coefficient (Wildman–Crippen LogP) is 0.246. The van der Waals surface area contributed by atoms with Crippen molar-refractivity contribution in [3.8, 4) is 0 Å². The highest BCUT2D eigenvalue weighted by Gasteiger charge is 2.39. The molecular weight excluding hydrogens is 198 g/mol. The summed E-state index contributed by atoms with van der Waals surface area (Å²) in [5, 5.41) is 3.58. The summed E-state index contributed by atoms with van der Waals surface area (Å²) in [4.78, 5) is 19.9. The van der Waals surface area contributed by atoms with Crippen molar-refractivity contribution in [3.63, 3.8) is 0 Å². The molecule has 2 heterocycles. The first kappa shape index (κ1) is 8.38. The average Bonchev–Trinajstić information content (AvgIpc) is 2.66. The molecule has 0 amide bonds. The molecule has 0 aromatic carbocycles. The summed E-state index contributed by atoms with van der Waals surface area (Å²) in [6, 6.07) is -0.0256. The number of nitrogens with zero attached hydrogens (tertiary/aromatic N) is 2. The lowest BCUT2D eigenvalue weighted by molar-refractivity contribution is 0.0934. The zero-order chi connectivity index (χ0) is 9.54. The van der Waals surface area contributed by atoms with Crippen LogP contribution in [-0.4, -0.2) is 32.9 Å². The molecule has 5 heteroatoms. The smallest absolute Gasteiger partial charge is 0.199 e. The molecule has 1 fully saturated rings. The highest BCUT2D eigenvalue weighted by molar-refractivity contribution is 8.00. The molecule has 1 aromatic heterocycles. The molecule has 1 aliphatic carbocycles. The van der Waals surface area contributed by atoms with Gasteiger partial charge in [-0.15, -0.1) is 11.8 Å². The first-order valence-corrected chi connectivity index (χ1v) is 5.59. The lowest BCUT2D eigenvalue weighted by Gasteiger charge is -2.23. The van der Waals surface area contributed by atoms with Crippen molar-refractivity contribution in [3.05, 3.63) is 23.8 Å². The number of nitrogens with one attached hydrogen (secondary N) is 1. The average molecular weight is 207 g/mol. The molecular formula is C9H9N3OS. The fourth-order valence-electron chi connectivity index (χ4n) is 2.00. The summed E-state index contributed by atoms with van der Waals surface area (Å²) in [6.07, 6.45) is 4.11. The van der Waals surface area contributed by atoms with Crippen molar-refractivity contribution >= 4 is 17.5 Å². The maximum atomic E-state index is 11.9. The molecule has 3 rings (SSSR count).